The maximum Gasteiger partial charge on any atom is 0.237 e. The van der Waals surface area contributed by atoms with Crippen molar-refractivity contribution in [1.82, 2.24) is 10.6 Å². The average molecular weight is 267 g/mol. The molecule has 2 N–H and O–H groups in total. The molecule has 98 valence electrons. The predicted octanol–water partition coefficient (Wildman–Crippen LogP) is 2.66. The molecule has 4 heteroatoms. The molecule has 1 aromatic carbocycles. The highest BCUT2D eigenvalue weighted by Crippen LogP contribution is 2.19. The van der Waals surface area contributed by atoms with E-state index in [0.717, 1.165) is 23.4 Å². The smallest absolute Gasteiger partial charge is 0.237 e. The summed E-state index contributed by atoms with van der Waals surface area (Å²) in [5, 5.41) is 7.02. The molecule has 2 atom stereocenters. The van der Waals surface area contributed by atoms with E-state index in [1.165, 1.54) is 0 Å². The maximum atomic E-state index is 11.8. The first kappa shape index (κ1) is 13.4. The molecule has 0 aromatic heterocycles. The molecule has 0 bridgehead atoms. The lowest BCUT2D eigenvalue weighted by atomic mass is 10.1. The molecule has 18 heavy (non-hydrogen) atoms. The number of nitrogens with one attached hydrogen (secondary N) is 2. The largest absolute Gasteiger partial charge is 0.352 e. The fraction of sp³-hybridized carbons (Fsp3) is 0.500. The Hall–Kier alpha value is -1.06. The summed E-state index contributed by atoms with van der Waals surface area (Å²) >= 11 is 5.85. The summed E-state index contributed by atoms with van der Waals surface area (Å²) in [5.41, 5.74) is 1.13. The number of amides is 1. The van der Waals surface area contributed by atoms with Gasteiger partial charge in [0.25, 0.3) is 0 Å². The molecular formula is C14H19ClN2O. The minimum absolute atomic E-state index is 0.0818. The van der Waals surface area contributed by atoms with Gasteiger partial charge in [0.2, 0.25) is 5.91 Å². The summed E-state index contributed by atoms with van der Waals surface area (Å²) in [5.74, 6) is 0.0818. The fourth-order valence-corrected chi connectivity index (χ4v) is 1.98. The van der Waals surface area contributed by atoms with Crippen molar-refractivity contribution in [3.8, 4) is 0 Å². The number of carbonyl (C=O) groups excluding carboxylic acids is 1. The Morgan fingerprint density at radius 2 is 1.89 bits per heavy atom. The van der Waals surface area contributed by atoms with E-state index < -0.39 is 0 Å². The van der Waals surface area contributed by atoms with Gasteiger partial charge in [-0.1, -0.05) is 23.7 Å². The van der Waals surface area contributed by atoms with Crippen LogP contribution >= 0.6 is 11.6 Å². The van der Waals surface area contributed by atoms with Gasteiger partial charge in [-0.25, -0.2) is 0 Å². The first-order chi connectivity index (χ1) is 8.56. The van der Waals surface area contributed by atoms with Gasteiger partial charge in [0.1, 0.15) is 0 Å². The van der Waals surface area contributed by atoms with Gasteiger partial charge in [0, 0.05) is 17.1 Å². The highest BCUT2D eigenvalue weighted by molar-refractivity contribution is 6.30. The van der Waals surface area contributed by atoms with Crippen LogP contribution in [-0.4, -0.2) is 18.0 Å². The number of halogens is 1. The van der Waals surface area contributed by atoms with Crippen LogP contribution in [0, 0.1) is 0 Å². The number of carbonyl (C=O) groups is 1. The standard InChI is InChI=1S/C14H19ClN2O/c1-9(11-3-5-12(15)6-4-11)16-10(2)14(18)17-13-7-8-13/h3-6,9-10,13,16H,7-8H2,1-2H3,(H,17,18)/t9-,10-/m1/s1. The Balaban J connectivity index is 1.87. The first-order valence-corrected chi connectivity index (χ1v) is 6.76. The summed E-state index contributed by atoms with van der Waals surface area (Å²) < 4.78 is 0. The molecular weight excluding hydrogens is 248 g/mol. The predicted molar refractivity (Wildman–Crippen MR) is 73.6 cm³/mol. The van der Waals surface area contributed by atoms with E-state index in [1.807, 2.05) is 38.1 Å². The summed E-state index contributed by atoms with van der Waals surface area (Å²) in [7, 11) is 0. The van der Waals surface area contributed by atoms with Crippen molar-refractivity contribution in [1.29, 1.82) is 0 Å². The summed E-state index contributed by atoms with van der Waals surface area (Å²) in [4.78, 5) is 11.8. The molecule has 0 aliphatic heterocycles. The molecule has 1 amide bonds. The molecule has 1 fully saturated rings. The molecule has 0 saturated heterocycles. The molecule has 0 spiro atoms. The van der Waals surface area contributed by atoms with Gasteiger partial charge in [-0.05, 0) is 44.4 Å². The number of hydrogen-bond donors (Lipinski definition) is 2. The molecule has 1 aliphatic rings. The monoisotopic (exact) mass is 266 g/mol. The summed E-state index contributed by atoms with van der Waals surface area (Å²) in [6.45, 7) is 3.94. The highest BCUT2D eigenvalue weighted by atomic mass is 35.5. The van der Waals surface area contributed by atoms with Crippen molar-refractivity contribution in [2.75, 3.05) is 0 Å². The normalized spacial score (nSPS) is 18.2. The third-order valence-corrected chi connectivity index (χ3v) is 3.44. The van der Waals surface area contributed by atoms with Crippen molar-refractivity contribution in [3.05, 3.63) is 34.9 Å². The van der Waals surface area contributed by atoms with Crippen LogP contribution in [0.5, 0.6) is 0 Å². The average Bonchev–Trinajstić information content (AvgIpc) is 3.13. The Morgan fingerprint density at radius 1 is 1.28 bits per heavy atom. The van der Waals surface area contributed by atoms with Crippen molar-refractivity contribution < 1.29 is 4.79 Å². The van der Waals surface area contributed by atoms with Crippen molar-refractivity contribution in [2.24, 2.45) is 0 Å². The van der Waals surface area contributed by atoms with E-state index in [2.05, 4.69) is 10.6 Å². The second-order valence-electron chi connectivity index (χ2n) is 4.94. The Kier molecular flexibility index (Phi) is 4.25. The molecule has 0 unspecified atom stereocenters. The Labute approximate surface area is 113 Å². The molecule has 0 heterocycles. The zero-order valence-corrected chi connectivity index (χ0v) is 11.5. The minimum atomic E-state index is -0.184. The van der Waals surface area contributed by atoms with Crippen LogP contribution < -0.4 is 10.6 Å². The minimum Gasteiger partial charge on any atom is -0.352 e. The number of hydrogen-bond acceptors (Lipinski definition) is 2. The number of rotatable bonds is 5. The van der Waals surface area contributed by atoms with Crippen LogP contribution in [0.4, 0.5) is 0 Å². The summed E-state index contributed by atoms with van der Waals surface area (Å²) in [6.07, 6.45) is 2.23. The third-order valence-electron chi connectivity index (χ3n) is 3.19. The third kappa shape index (κ3) is 3.72. The van der Waals surface area contributed by atoms with E-state index in [4.69, 9.17) is 11.6 Å². The number of benzene rings is 1. The van der Waals surface area contributed by atoms with Gasteiger partial charge >= 0.3 is 0 Å². The Morgan fingerprint density at radius 3 is 2.44 bits per heavy atom. The van der Waals surface area contributed by atoms with Crippen LogP contribution in [0.1, 0.15) is 38.3 Å². The van der Waals surface area contributed by atoms with Crippen molar-refractivity contribution in [2.45, 2.75) is 44.8 Å². The molecule has 1 saturated carbocycles. The maximum absolute atomic E-state index is 11.8. The quantitative estimate of drug-likeness (QED) is 0.860. The molecule has 3 nitrogen and oxygen atoms in total. The van der Waals surface area contributed by atoms with Gasteiger partial charge in [-0.2, -0.15) is 0 Å². The van der Waals surface area contributed by atoms with Crippen LogP contribution in [0.25, 0.3) is 0 Å². The van der Waals surface area contributed by atoms with E-state index in [0.29, 0.717) is 6.04 Å². The lowest BCUT2D eigenvalue weighted by Crippen LogP contribution is -2.43. The van der Waals surface area contributed by atoms with Gasteiger partial charge in [-0.15, -0.1) is 0 Å². The van der Waals surface area contributed by atoms with Gasteiger partial charge in [0.05, 0.1) is 6.04 Å². The van der Waals surface area contributed by atoms with Gasteiger partial charge in [0.15, 0.2) is 0 Å². The van der Waals surface area contributed by atoms with Crippen molar-refractivity contribution >= 4 is 17.5 Å². The first-order valence-electron chi connectivity index (χ1n) is 6.38. The topological polar surface area (TPSA) is 41.1 Å². The van der Waals surface area contributed by atoms with E-state index >= 15 is 0 Å². The van der Waals surface area contributed by atoms with Gasteiger partial charge in [-0.3, -0.25) is 10.1 Å². The van der Waals surface area contributed by atoms with E-state index in [9.17, 15) is 4.79 Å². The second kappa shape index (κ2) is 5.72. The molecule has 2 rings (SSSR count). The van der Waals surface area contributed by atoms with Crippen LogP contribution in [0.2, 0.25) is 5.02 Å². The second-order valence-corrected chi connectivity index (χ2v) is 5.38. The van der Waals surface area contributed by atoms with Crippen LogP contribution in [-0.2, 0) is 4.79 Å². The fourth-order valence-electron chi connectivity index (χ4n) is 1.85. The lowest BCUT2D eigenvalue weighted by Gasteiger charge is -2.20. The highest BCUT2D eigenvalue weighted by Gasteiger charge is 2.26. The molecule has 0 radical (unpaired) electrons. The summed E-state index contributed by atoms with van der Waals surface area (Å²) in [6, 6.07) is 8.04. The van der Waals surface area contributed by atoms with Crippen molar-refractivity contribution in [3.63, 3.8) is 0 Å². The molecule has 1 aliphatic carbocycles. The zero-order chi connectivity index (χ0) is 13.1. The van der Waals surface area contributed by atoms with E-state index in [1.54, 1.807) is 0 Å². The van der Waals surface area contributed by atoms with Gasteiger partial charge < -0.3 is 5.32 Å². The van der Waals surface area contributed by atoms with E-state index in [-0.39, 0.29) is 18.0 Å². The van der Waals surface area contributed by atoms with Crippen LogP contribution in [0.3, 0.4) is 0 Å². The van der Waals surface area contributed by atoms with Crippen LogP contribution in [0.15, 0.2) is 24.3 Å². The SMILES string of the molecule is C[C@@H](N[C@H](C)c1ccc(Cl)cc1)C(=O)NC1CC1. The molecule has 1 aromatic rings. The zero-order valence-electron chi connectivity index (χ0n) is 10.7. The lowest BCUT2D eigenvalue weighted by molar-refractivity contribution is -0.123. The Bertz CT molecular complexity index is 414.